The van der Waals surface area contributed by atoms with Gasteiger partial charge in [0, 0.05) is 36.2 Å². The first-order valence-corrected chi connectivity index (χ1v) is 13.8. The lowest BCUT2D eigenvalue weighted by atomic mass is 10.2. The molecule has 4 N–H and O–H groups in total. The average molecular weight is 547 g/mol. The highest BCUT2D eigenvalue weighted by Crippen LogP contribution is 2.27. The summed E-state index contributed by atoms with van der Waals surface area (Å²) in [5.74, 6) is -2.02. The molecular formula is C22H34N4O8S2. The molecule has 0 radical (unpaired) electrons. The zero-order valence-electron chi connectivity index (χ0n) is 20.5. The van der Waals surface area contributed by atoms with Gasteiger partial charge in [-0.15, -0.1) is 23.5 Å². The van der Waals surface area contributed by atoms with Gasteiger partial charge in [-0.1, -0.05) is 13.8 Å². The monoisotopic (exact) mass is 546 g/mol. The second-order valence-electron chi connectivity index (χ2n) is 8.65. The van der Waals surface area contributed by atoms with Crippen LogP contribution in [0.3, 0.4) is 0 Å². The van der Waals surface area contributed by atoms with Crippen LogP contribution in [-0.4, -0.2) is 107 Å². The minimum Gasteiger partial charge on any atom is -0.377 e. The van der Waals surface area contributed by atoms with E-state index in [1.807, 2.05) is 0 Å². The molecule has 2 fully saturated rings. The number of likely N-dealkylation sites (tertiary alicyclic amines) is 2. The smallest absolute Gasteiger partial charge is 0.242 e. The number of nitrogens with zero attached hydrogens (tertiary/aromatic N) is 2. The molecule has 0 aliphatic carbocycles. The number of thioether (sulfide) groups is 2. The van der Waals surface area contributed by atoms with E-state index in [9.17, 15) is 28.8 Å². The van der Waals surface area contributed by atoms with E-state index in [0.29, 0.717) is 11.5 Å². The van der Waals surface area contributed by atoms with Crippen molar-refractivity contribution in [2.45, 2.75) is 37.2 Å². The Bertz CT molecular complexity index is 790. The zero-order valence-corrected chi connectivity index (χ0v) is 22.1. The fourth-order valence-electron chi connectivity index (χ4n) is 3.35. The third-order valence-corrected chi connectivity index (χ3v) is 8.69. The Morgan fingerprint density at radius 1 is 0.778 bits per heavy atom. The number of hydrogen-bond acceptors (Lipinski definition) is 10. The van der Waals surface area contributed by atoms with Gasteiger partial charge in [-0.25, -0.2) is 0 Å². The van der Waals surface area contributed by atoms with Crippen molar-refractivity contribution in [2.24, 2.45) is 23.3 Å². The van der Waals surface area contributed by atoms with Gasteiger partial charge in [0.05, 0.1) is 50.0 Å². The van der Waals surface area contributed by atoms with Gasteiger partial charge in [0.25, 0.3) is 0 Å². The quantitative estimate of drug-likeness (QED) is 0.169. The van der Waals surface area contributed by atoms with Crippen LogP contribution in [0.4, 0.5) is 0 Å². The van der Waals surface area contributed by atoms with Crippen molar-refractivity contribution in [2.75, 3.05) is 51.0 Å². The van der Waals surface area contributed by atoms with Gasteiger partial charge in [0.2, 0.25) is 35.4 Å². The molecule has 0 saturated carbocycles. The average Bonchev–Trinajstić information content (AvgIpc) is 3.25. The number of carbonyl (C=O) groups is 6. The number of imide groups is 2. The van der Waals surface area contributed by atoms with Gasteiger partial charge in [0.1, 0.15) is 0 Å². The maximum absolute atomic E-state index is 12.4. The number of amides is 6. The lowest BCUT2D eigenvalue weighted by Gasteiger charge is -2.16. The molecule has 0 aromatic rings. The van der Waals surface area contributed by atoms with Crippen LogP contribution in [0.1, 0.15) is 26.7 Å². The van der Waals surface area contributed by atoms with E-state index in [1.165, 1.54) is 23.5 Å². The molecule has 202 valence electrons. The molecule has 2 saturated heterocycles. The summed E-state index contributed by atoms with van der Waals surface area (Å²) in [4.78, 5) is 73.7. The SMILES string of the molecule is CC(CSC1CC(=O)N(CCOCCOCCN2C(=O)CC(SCC(C)C(N)=O)C2=O)C1=O)C(N)=O. The molecule has 0 aromatic carbocycles. The van der Waals surface area contributed by atoms with Crippen LogP contribution in [0.5, 0.6) is 0 Å². The summed E-state index contributed by atoms with van der Waals surface area (Å²) in [6.45, 7) is 4.36. The number of carbonyl (C=O) groups excluding carboxylic acids is 6. The fraction of sp³-hybridized carbons (Fsp3) is 0.727. The van der Waals surface area contributed by atoms with Gasteiger partial charge >= 0.3 is 0 Å². The largest absolute Gasteiger partial charge is 0.377 e. The maximum atomic E-state index is 12.4. The van der Waals surface area contributed by atoms with E-state index in [1.54, 1.807) is 13.8 Å². The molecule has 0 bridgehead atoms. The second kappa shape index (κ2) is 14.5. The van der Waals surface area contributed by atoms with E-state index < -0.39 is 22.3 Å². The summed E-state index contributed by atoms with van der Waals surface area (Å²) < 4.78 is 10.9. The first-order valence-electron chi connectivity index (χ1n) is 11.7. The zero-order chi connectivity index (χ0) is 26.8. The Labute approximate surface area is 218 Å². The lowest BCUT2D eigenvalue weighted by Crippen LogP contribution is -2.35. The van der Waals surface area contributed by atoms with Crippen molar-refractivity contribution in [3.63, 3.8) is 0 Å². The molecule has 0 spiro atoms. The van der Waals surface area contributed by atoms with Crippen molar-refractivity contribution in [1.82, 2.24) is 9.80 Å². The van der Waals surface area contributed by atoms with Crippen LogP contribution >= 0.6 is 23.5 Å². The highest BCUT2D eigenvalue weighted by Gasteiger charge is 2.39. The van der Waals surface area contributed by atoms with Crippen molar-refractivity contribution in [1.29, 1.82) is 0 Å². The maximum Gasteiger partial charge on any atom is 0.242 e. The van der Waals surface area contributed by atoms with Crippen LogP contribution in [0.2, 0.25) is 0 Å². The predicted octanol–water partition coefficient (Wildman–Crippen LogP) is -1.02. The normalized spacial score (nSPS) is 21.9. The van der Waals surface area contributed by atoms with Crippen LogP contribution in [0.25, 0.3) is 0 Å². The van der Waals surface area contributed by atoms with Crippen molar-refractivity contribution >= 4 is 59.0 Å². The molecule has 4 atom stereocenters. The van der Waals surface area contributed by atoms with Gasteiger partial charge < -0.3 is 20.9 Å². The molecule has 14 heteroatoms. The van der Waals surface area contributed by atoms with Crippen LogP contribution in [0.15, 0.2) is 0 Å². The molecular weight excluding hydrogens is 512 g/mol. The molecule has 2 heterocycles. The van der Waals surface area contributed by atoms with Crippen LogP contribution < -0.4 is 11.5 Å². The summed E-state index contributed by atoms with van der Waals surface area (Å²) in [5.41, 5.74) is 10.4. The fourth-order valence-corrected chi connectivity index (χ4v) is 5.79. The van der Waals surface area contributed by atoms with Crippen molar-refractivity contribution in [3.8, 4) is 0 Å². The van der Waals surface area contributed by atoms with E-state index in [4.69, 9.17) is 20.9 Å². The summed E-state index contributed by atoms with van der Waals surface area (Å²) in [7, 11) is 0. The van der Waals surface area contributed by atoms with Crippen molar-refractivity contribution < 1.29 is 38.2 Å². The van der Waals surface area contributed by atoms with E-state index in [-0.39, 0.29) is 87.8 Å². The number of nitrogens with two attached hydrogens (primary N) is 2. The van der Waals surface area contributed by atoms with E-state index in [0.717, 1.165) is 9.80 Å². The van der Waals surface area contributed by atoms with Gasteiger partial charge in [-0.05, 0) is 0 Å². The molecule has 12 nitrogen and oxygen atoms in total. The van der Waals surface area contributed by atoms with Gasteiger partial charge in [0.15, 0.2) is 0 Å². The Morgan fingerprint density at radius 3 is 1.47 bits per heavy atom. The summed E-state index contributed by atoms with van der Waals surface area (Å²) in [6.07, 6.45) is 0.186. The standard InChI is InChI=1S/C22H34N4O8S2/c1-13(19(23)29)11-35-15-9-17(27)25(21(15)31)3-5-33-7-8-34-6-4-26-18(28)10-16(22(26)32)36-12-14(2)20(24)30/h13-16H,3-12H2,1-2H3,(H2,23,29)(H2,24,30). The summed E-state index contributed by atoms with van der Waals surface area (Å²) in [5, 5.41) is -1.02. The molecule has 6 amide bonds. The molecule has 2 aliphatic heterocycles. The third-order valence-electron chi connectivity index (χ3n) is 5.76. The molecule has 2 rings (SSSR count). The molecule has 2 aliphatic rings. The Morgan fingerprint density at radius 2 is 1.14 bits per heavy atom. The number of primary amides is 2. The Hall–Kier alpha value is -2.16. The van der Waals surface area contributed by atoms with Crippen molar-refractivity contribution in [3.05, 3.63) is 0 Å². The highest BCUT2D eigenvalue weighted by molar-refractivity contribution is 8.00. The molecule has 4 unspecified atom stereocenters. The Balaban J connectivity index is 1.57. The number of hydrogen-bond donors (Lipinski definition) is 2. The molecule has 36 heavy (non-hydrogen) atoms. The van der Waals surface area contributed by atoms with Crippen LogP contribution in [0, 0.1) is 11.8 Å². The van der Waals surface area contributed by atoms with Crippen LogP contribution in [-0.2, 0) is 38.2 Å². The summed E-state index contributed by atoms with van der Waals surface area (Å²) >= 11 is 2.52. The first kappa shape index (κ1) is 30.1. The van der Waals surface area contributed by atoms with Gasteiger partial charge in [-0.2, -0.15) is 0 Å². The topological polar surface area (TPSA) is 179 Å². The van der Waals surface area contributed by atoms with E-state index >= 15 is 0 Å². The number of ether oxygens (including phenoxy) is 2. The second-order valence-corrected chi connectivity index (χ2v) is 11.1. The Kier molecular flexibility index (Phi) is 12.1. The first-order chi connectivity index (χ1) is 17.0. The third kappa shape index (κ3) is 8.75. The minimum absolute atomic E-state index is 0.0928. The predicted molar refractivity (Wildman–Crippen MR) is 134 cm³/mol. The molecule has 0 aromatic heterocycles. The number of rotatable bonds is 17. The van der Waals surface area contributed by atoms with Gasteiger partial charge in [-0.3, -0.25) is 38.6 Å². The highest BCUT2D eigenvalue weighted by atomic mass is 32.2. The summed E-state index contributed by atoms with van der Waals surface area (Å²) in [6, 6.07) is 0. The minimum atomic E-state index is -0.511. The van der Waals surface area contributed by atoms with E-state index in [2.05, 4.69) is 0 Å². The lowest BCUT2D eigenvalue weighted by molar-refractivity contribution is -0.141.